The fraction of sp³-hybridized carbons (Fsp3) is 0.417. The number of fused-ring (bicyclic) bond motifs is 1. The van der Waals surface area contributed by atoms with Gasteiger partial charge in [-0.1, -0.05) is 6.07 Å². The molecule has 4 N–H and O–H groups in total. The summed E-state index contributed by atoms with van der Waals surface area (Å²) >= 11 is 0. The molecule has 0 unspecified atom stereocenters. The molecule has 0 aliphatic carbocycles. The maximum atomic E-state index is 11.1. The fourth-order valence-electron chi connectivity index (χ4n) is 1.70. The van der Waals surface area contributed by atoms with Crippen molar-refractivity contribution in [3.8, 4) is 0 Å². The van der Waals surface area contributed by atoms with Gasteiger partial charge in [-0.2, -0.15) is 0 Å². The smallest absolute Gasteiger partial charge is 0.323 e. The number of aromatic amines is 2. The molecule has 0 aliphatic rings. The second kappa shape index (κ2) is 4.35. The lowest BCUT2D eigenvalue weighted by molar-refractivity contribution is 0.0795. The second-order valence-corrected chi connectivity index (χ2v) is 4.88. The molecule has 1 aromatic carbocycles. The normalized spacial score (nSPS) is 12.2. The Hall–Kier alpha value is -1.59. The Balaban J connectivity index is 2.06. The van der Waals surface area contributed by atoms with E-state index in [1.807, 2.05) is 18.2 Å². The van der Waals surface area contributed by atoms with Crippen LogP contribution in [0.3, 0.4) is 0 Å². The highest BCUT2D eigenvalue weighted by Crippen LogP contribution is 2.10. The van der Waals surface area contributed by atoms with Crippen molar-refractivity contribution in [2.24, 2.45) is 0 Å². The molecule has 0 saturated heterocycles. The van der Waals surface area contributed by atoms with Crippen LogP contribution in [0.1, 0.15) is 19.4 Å². The maximum absolute atomic E-state index is 11.1. The number of H-pyrrole nitrogens is 2. The molecule has 2 rings (SSSR count). The SMILES string of the molecule is CC(C)(O)CNCc1ccc2[nH]c(=O)[nH]c2c1. The lowest BCUT2D eigenvalue weighted by atomic mass is 10.1. The molecule has 1 aromatic heterocycles. The lowest BCUT2D eigenvalue weighted by Crippen LogP contribution is -2.34. The van der Waals surface area contributed by atoms with Gasteiger partial charge in [0, 0.05) is 13.1 Å². The number of aliphatic hydroxyl groups is 1. The first-order valence-corrected chi connectivity index (χ1v) is 5.58. The first-order valence-electron chi connectivity index (χ1n) is 5.58. The molecule has 0 amide bonds. The second-order valence-electron chi connectivity index (χ2n) is 4.88. The van der Waals surface area contributed by atoms with Gasteiger partial charge in [-0.25, -0.2) is 4.79 Å². The Bertz CT molecular complexity index is 563. The topological polar surface area (TPSA) is 80.9 Å². The van der Waals surface area contributed by atoms with E-state index < -0.39 is 5.60 Å². The van der Waals surface area contributed by atoms with E-state index >= 15 is 0 Å². The van der Waals surface area contributed by atoms with Crippen molar-refractivity contribution >= 4 is 11.0 Å². The van der Waals surface area contributed by atoms with Gasteiger partial charge in [0.05, 0.1) is 16.6 Å². The monoisotopic (exact) mass is 235 g/mol. The number of benzene rings is 1. The number of rotatable bonds is 4. The van der Waals surface area contributed by atoms with Crippen LogP contribution in [-0.2, 0) is 6.54 Å². The average molecular weight is 235 g/mol. The first kappa shape index (κ1) is 11.9. The van der Waals surface area contributed by atoms with Crippen LogP contribution in [0.25, 0.3) is 11.0 Å². The van der Waals surface area contributed by atoms with Crippen molar-refractivity contribution < 1.29 is 5.11 Å². The van der Waals surface area contributed by atoms with Crippen LogP contribution in [0, 0.1) is 0 Å². The standard InChI is InChI=1S/C12H17N3O2/c1-12(2,17)7-13-6-8-3-4-9-10(5-8)15-11(16)14-9/h3-5,13,17H,6-7H2,1-2H3,(H2,14,15,16). The van der Waals surface area contributed by atoms with Crippen molar-refractivity contribution in [1.82, 2.24) is 15.3 Å². The average Bonchev–Trinajstić information content (AvgIpc) is 2.55. The fourth-order valence-corrected chi connectivity index (χ4v) is 1.70. The summed E-state index contributed by atoms with van der Waals surface area (Å²) in [4.78, 5) is 16.5. The zero-order valence-electron chi connectivity index (χ0n) is 10.0. The van der Waals surface area contributed by atoms with Crippen LogP contribution in [0.4, 0.5) is 0 Å². The van der Waals surface area contributed by atoms with Gasteiger partial charge >= 0.3 is 5.69 Å². The van der Waals surface area contributed by atoms with E-state index in [0.717, 1.165) is 16.6 Å². The minimum absolute atomic E-state index is 0.193. The highest BCUT2D eigenvalue weighted by molar-refractivity contribution is 5.74. The molecule has 0 spiro atoms. The molecule has 0 atom stereocenters. The Morgan fingerprint density at radius 1 is 1.29 bits per heavy atom. The van der Waals surface area contributed by atoms with Crippen LogP contribution in [0.15, 0.2) is 23.0 Å². The molecule has 0 saturated carbocycles. The summed E-state index contributed by atoms with van der Waals surface area (Å²) in [6.45, 7) is 4.70. The van der Waals surface area contributed by atoms with E-state index in [-0.39, 0.29) is 5.69 Å². The number of aromatic nitrogens is 2. The molecule has 92 valence electrons. The molecule has 0 fully saturated rings. The van der Waals surface area contributed by atoms with E-state index in [0.29, 0.717) is 13.1 Å². The van der Waals surface area contributed by atoms with E-state index in [9.17, 15) is 9.90 Å². The third-order valence-electron chi connectivity index (χ3n) is 2.47. The van der Waals surface area contributed by atoms with Gasteiger partial charge in [-0.05, 0) is 31.5 Å². The van der Waals surface area contributed by atoms with Crippen LogP contribution >= 0.6 is 0 Å². The number of imidazole rings is 1. The summed E-state index contributed by atoms with van der Waals surface area (Å²) in [5, 5.41) is 12.7. The molecule has 5 heteroatoms. The summed E-state index contributed by atoms with van der Waals surface area (Å²) in [6.07, 6.45) is 0. The molecular formula is C12H17N3O2. The molecule has 17 heavy (non-hydrogen) atoms. The van der Waals surface area contributed by atoms with Crippen molar-refractivity contribution in [1.29, 1.82) is 0 Å². The Morgan fingerprint density at radius 2 is 2.00 bits per heavy atom. The lowest BCUT2D eigenvalue weighted by Gasteiger charge is -2.17. The van der Waals surface area contributed by atoms with E-state index in [2.05, 4.69) is 15.3 Å². The van der Waals surface area contributed by atoms with Crippen LogP contribution in [0.5, 0.6) is 0 Å². The van der Waals surface area contributed by atoms with Crippen molar-refractivity contribution in [3.05, 3.63) is 34.2 Å². The molecule has 0 aliphatic heterocycles. The summed E-state index contributed by atoms with van der Waals surface area (Å²) in [5.74, 6) is 0. The van der Waals surface area contributed by atoms with Gasteiger partial charge < -0.3 is 20.4 Å². The summed E-state index contributed by atoms with van der Waals surface area (Å²) < 4.78 is 0. The molecule has 0 bridgehead atoms. The van der Waals surface area contributed by atoms with Crippen molar-refractivity contribution in [2.75, 3.05) is 6.54 Å². The van der Waals surface area contributed by atoms with E-state index in [1.54, 1.807) is 13.8 Å². The van der Waals surface area contributed by atoms with Crippen LogP contribution in [-0.4, -0.2) is 27.2 Å². The summed E-state index contributed by atoms with van der Waals surface area (Å²) in [5.41, 5.74) is 1.77. The number of hydrogen-bond acceptors (Lipinski definition) is 3. The molecule has 2 aromatic rings. The van der Waals surface area contributed by atoms with E-state index in [1.165, 1.54) is 0 Å². The van der Waals surface area contributed by atoms with Gasteiger partial charge in [0.1, 0.15) is 0 Å². The van der Waals surface area contributed by atoms with Gasteiger partial charge in [-0.3, -0.25) is 0 Å². The summed E-state index contributed by atoms with van der Waals surface area (Å²) in [7, 11) is 0. The Kier molecular flexibility index (Phi) is 3.04. The summed E-state index contributed by atoms with van der Waals surface area (Å²) in [6, 6.07) is 5.74. The predicted molar refractivity (Wildman–Crippen MR) is 66.9 cm³/mol. The highest BCUT2D eigenvalue weighted by atomic mass is 16.3. The van der Waals surface area contributed by atoms with Crippen molar-refractivity contribution in [2.45, 2.75) is 26.0 Å². The third-order valence-corrected chi connectivity index (χ3v) is 2.47. The molecular weight excluding hydrogens is 218 g/mol. The Labute approximate surface area is 98.9 Å². The van der Waals surface area contributed by atoms with E-state index in [4.69, 9.17) is 0 Å². The number of hydrogen-bond donors (Lipinski definition) is 4. The maximum Gasteiger partial charge on any atom is 0.323 e. The third kappa shape index (κ3) is 3.18. The van der Waals surface area contributed by atoms with Gasteiger partial charge in [0.15, 0.2) is 0 Å². The van der Waals surface area contributed by atoms with Crippen LogP contribution < -0.4 is 11.0 Å². The minimum atomic E-state index is -0.716. The zero-order valence-corrected chi connectivity index (χ0v) is 10.0. The Morgan fingerprint density at radius 3 is 2.71 bits per heavy atom. The zero-order chi connectivity index (χ0) is 12.5. The minimum Gasteiger partial charge on any atom is -0.389 e. The highest BCUT2D eigenvalue weighted by Gasteiger charge is 2.11. The largest absolute Gasteiger partial charge is 0.389 e. The predicted octanol–water partition coefficient (Wildman–Crippen LogP) is 0.717. The van der Waals surface area contributed by atoms with Gasteiger partial charge in [-0.15, -0.1) is 0 Å². The number of nitrogens with one attached hydrogen (secondary N) is 3. The van der Waals surface area contributed by atoms with Gasteiger partial charge in [0.25, 0.3) is 0 Å². The quantitative estimate of drug-likeness (QED) is 0.630. The first-order chi connectivity index (χ1) is 7.94. The molecule has 1 heterocycles. The van der Waals surface area contributed by atoms with Gasteiger partial charge in [0.2, 0.25) is 0 Å². The molecule has 5 nitrogen and oxygen atoms in total. The molecule has 0 radical (unpaired) electrons. The van der Waals surface area contributed by atoms with Crippen molar-refractivity contribution in [3.63, 3.8) is 0 Å². The van der Waals surface area contributed by atoms with Crippen LogP contribution in [0.2, 0.25) is 0 Å².